The number of carbonyl (C=O) groups excluding carboxylic acids is 1. The molecule has 1 aliphatic rings. The molecule has 0 bridgehead atoms. The van der Waals surface area contributed by atoms with Crippen LogP contribution < -0.4 is 10.6 Å². The van der Waals surface area contributed by atoms with Crippen LogP contribution in [0.2, 0.25) is 5.02 Å². The van der Waals surface area contributed by atoms with Gasteiger partial charge in [-0.25, -0.2) is 0 Å². The Kier molecular flexibility index (Phi) is 8.07. The Labute approximate surface area is 178 Å². The van der Waals surface area contributed by atoms with Gasteiger partial charge in [0.15, 0.2) is 0 Å². The van der Waals surface area contributed by atoms with E-state index >= 15 is 0 Å². The summed E-state index contributed by atoms with van der Waals surface area (Å²) in [6.07, 6.45) is 0. The fraction of sp³-hybridized carbons (Fsp3) is 0.435. The second-order valence-corrected chi connectivity index (χ2v) is 7.89. The number of hydrogen-bond acceptors (Lipinski definition) is 4. The third-order valence-electron chi connectivity index (χ3n) is 5.38. The first-order chi connectivity index (χ1) is 14.1. The van der Waals surface area contributed by atoms with Crippen molar-refractivity contribution >= 4 is 17.5 Å². The monoisotopic (exact) mass is 415 g/mol. The van der Waals surface area contributed by atoms with Crippen LogP contribution in [0.15, 0.2) is 54.6 Å². The predicted molar refractivity (Wildman–Crippen MR) is 117 cm³/mol. The zero-order valence-corrected chi connectivity index (χ0v) is 17.9. The molecule has 0 aromatic heterocycles. The van der Waals surface area contributed by atoms with Crippen molar-refractivity contribution in [3.63, 3.8) is 0 Å². The van der Waals surface area contributed by atoms with E-state index in [1.165, 1.54) is 5.56 Å². The number of nitrogens with zero attached hydrogens (tertiary/aromatic N) is 1. The number of carbonyl (C=O) groups is 1. The molecule has 2 N–H and O–H groups in total. The maximum Gasteiger partial charge on any atom is 0.234 e. The molecule has 1 amide bonds. The molecule has 2 aromatic rings. The molecule has 1 aliphatic heterocycles. The van der Waals surface area contributed by atoms with Crippen LogP contribution >= 0.6 is 11.6 Å². The summed E-state index contributed by atoms with van der Waals surface area (Å²) in [6, 6.07) is 18.1. The van der Waals surface area contributed by atoms with E-state index in [1.807, 2.05) is 49.4 Å². The van der Waals surface area contributed by atoms with E-state index in [4.69, 9.17) is 16.3 Å². The lowest BCUT2D eigenvalue weighted by molar-refractivity contribution is -0.121. The lowest BCUT2D eigenvalue weighted by atomic mass is 9.98. The number of halogens is 1. The van der Waals surface area contributed by atoms with Crippen molar-refractivity contribution in [3.8, 4) is 0 Å². The van der Waals surface area contributed by atoms with Crippen molar-refractivity contribution in [2.45, 2.75) is 32.0 Å². The number of amides is 1. The fourth-order valence-corrected chi connectivity index (χ4v) is 4.19. The van der Waals surface area contributed by atoms with Crippen molar-refractivity contribution < 1.29 is 9.53 Å². The Morgan fingerprint density at radius 2 is 1.72 bits per heavy atom. The first-order valence-electron chi connectivity index (χ1n) is 10.2. The van der Waals surface area contributed by atoms with Crippen molar-refractivity contribution in [3.05, 3.63) is 70.7 Å². The van der Waals surface area contributed by atoms with Gasteiger partial charge < -0.3 is 15.4 Å². The molecule has 0 unspecified atom stereocenters. The quantitative estimate of drug-likeness (QED) is 0.692. The molecule has 0 radical (unpaired) electrons. The highest BCUT2D eigenvalue weighted by Gasteiger charge is 2.28. The van der Waals surface area contributed by atoms with Crippen LogP contribution in [0.5, 0.6) is 0 Å². The summed E-state index contributed by atoms with van der Waals surface area (Å²) in [5.41, 5.74) is 2.20. The average molecular weight is 416 g/mol. The third-order valence-corrected chi connectivity index (χ3v) is 5.73. The highest BCUT2D eigenvalue weighted by molar-refractivity contribution is 6.31. The van der Waals surface area contributed by atoms with E-state index in [-0.39, 0.29) is 30.6 Å². The molecule has 3 rings (SSSR count). The molecule has 1 heterocycles. The molecule has 0 saturated carbocycles. The molecule has 156 valence electrons. The Hall–Kier alpha value is -1.92. The maximum absolute atomic E-state index is 12.6. The van der Waals surface area contributed by atoms with Gasteiger partial charge >= 0.3 is 0 Å². The standard InChI is InChI=1S/C23H30ClN3O2/c1-17(20-10-6-7-11-21(20)24)25-16-22(28)26-18(2)23(19-8-4-3-5-9-19)27-12-14-29-15-13-27/h3-11,17-18,23,25H,12-16H2,1-2H3,(H,26,28)/t17-,18-,23+/m1/s1. The van der Waals surface area contributed by atoms with Gasteiger partial charge in [-0.05, 0) is 31.0 Å². The Balaban J connectivity index is 1.60. The molecule has 6 heteroatoms. The van der Waals surface area contributed by atoms with Crippen LogP contribution in [-0.2, 0) is 9.53 Å². The van der Waals surface area contributed by atoms with E-state index in [0.717, 1.165) is 31.9 Å². The summed E-state index contributed by atoms with van der Waals surface area (Å²) in [5, 5.41) is 7.16. The second kappa shape index (κ2) is 10.7. The van der Waals surface area contributed by atoms with Crippen LogP contribution in [0.4, 0.5) is 0 Å². The van der Waals surface area contributed by atoms with Crippen LogP contribution in [-0.4, -0.2) is 49.7 Å². The van der Waals surface area contributed by atoms with Gasteiger partial charge in [-0.2, -0.15) is 0 Å². The molecular weight excluding hydrogens is 386 g/mol. The van der Waals surface area contributed by atoms with E-state index < -0.39 is 0 Å². The highest BCUT2D eigenvalue weighted by atomic mass is 35.5. The number of morpholine rings is 1. The van der Waals surface area contributed by atoms with Gasteiger partial charge in [0.2, 0.25) is 5.91 Å². The topological polar surface area (TPSA) is 53.6 Å². The molecule has 0 aliphatic carbocycles. The predicted octanol–water partition coefficient (Wildman–Crippen LogP) is 3.57. The SMILES string of the molecule is C[C@@H](NCC(=O)N[C@H](C)[C@@H](c1ccccc1)N1CCOCC1)c1ccccc1Cl. The van der Waals surface area contributed by atoms with E-state index in [9.17, 15) is 4.79 Å². The number of hydrogen-bond donors (Lipinski definition) is 2. The van der Waals surface area contributed by atoms with Gasteiger partial charge in [0, 0.05) is 30.2 Å². The Bertz CT molecular complexity index is 781. The minimum absolute atomic E-state index is 0.00563. The summed E-state index contributed by atoms with van der Waals surface area (Å²) >= 11 is 6.26. The van der Waals surface area contributed by atoms with E-state index in [2.05, 4.69) is 34.6 Å². The minimum atomic E-state index is -0.0274. The lowest BCUT2D eigenvalue weighted by Crippen LogP contribution is -2.49. The zero-order valence-electron chi connectivity index (χ0n) is 17.1. The average Bonchev–Trinajstić information content (AvgIpc) is 2.74. The summed E-state index contributed by atoms with van der Waals surface area (Å²) in [5.74, 6) is -0.0226. The summed E-state index contributed by atoms with van der Waals surface area (Å²) in [4.78, 5) is 15.0. The number of ether oxygens (including phenoxy) is 1. The van der Waals surface area contributed by atoms with Crippen molar-refractivity contribution in [2.24, 2.45) is 0 Å². The van der Waals surface area contributed by atoms with E-state index in [0.29, 0.717) is 5.02 Å². The number of nitrogens with one attached hydrogen (secondary N) is 2. The maximum atomic E-state index is 12.6. The Morgan fingerprint density at radius 1 is 1.07 bits per heavy atom. The van der Waals surface area contributed by atoms with Crippen LogP contribution in [0.1, 0.15) is 37.1 Å². The Morgan fingerprint density at radius 3 is 2.41 bits per heavy atom. The van der Waals surface area contributed by atoms with E-state index in [1.54, 1.807) is 0 Å². The first-order valence-corrected chi connectivity index (χ1v) is 10.6. The summed E-state index contributed by atoms with van der Waals surface area (Å²) in [7, 11) is 0. The van der Waals surface area contributed by atoms with Gasteiger partial charge in [-0.3, -0.25) is 9.69 Å². The van der Waals surface area contributed by atoms with Gasteiger partial charge in [0.1, 0.15) is 0 Å². The van der Waals surface area contributed by atoms with Gasteiger partial charge in [-0.1, -0.05) is 60.1 Å². The second-order valence-electron chi connectivity index (χ2n) is 7.48. The highest BCUT2D eigenvalue weighted by Crippen LogP contribution is 2.25. The summed E-state index contributed by atoms with van der Waals surface area (Å²) in [6.45, 7) is 7.49. The van der Waals surface area contributed by atoms with Crippen molar-refractivity contribution in [1.29, 1.82) is 0 Å². The van der Waals surface area contributed by atoms with Crippen molar-refractivity contribution in [2.75, 3.05) is 32.8 Å². The largest absolute Gasteiger partial charge is 0.379 e. The molecule has 3 atom stereocenters. The molecule has 5 nitrogen and oxygen atoms in total. The lowest BCUT2D eigenvalue weighted by Gasteiger charge is -2.38. The zero-order chi connectivity index (χ0) is 20.6. The number of benzene rings is 2. The van der Waals surface area contributed by atoms with Crippen LogP contribution in [0.3, 0.4) is 0 Å². The molecular formula is C23H30ClN3O2. The molecule has 1 saturated heterocycles. The minimum Gasteiger partial charge on any atom is -0.379 e. The summed E-state index contributed by atoms with van der Waals surface area (Å²) < 4.78 is 5.51. The van der Waals surface area contributed by atoms with Crippen LogP contribution in [0.25, 0.3) is 0 Å². The normalized spacial score (nSPS) is 18.0. The first kappa shape index (κ1) is 21.8. The number of rotatable bonds is 8. The molecule has 1 fully saturated rings. The van der Waals surface area contributed by atoms with Crippen LogP contribution in [0, 0.1) is 0 Å². The third kappa shape index (κ3) is 6.03. The fourth-order valence-electron chi connectivity index (χ4n) is 3.89. The molecule has 0 spiro atoms. The van der Waals surface area contributed by atoms with Gasteiger partial charge in [0.05, 0.1) is 25.8 Å². The van der Waals surface area contributed by atoms with Crippen molar-refractivity contribution in [1.82, 2.24) is 15.5 Å². The van der Waals surface area contributed by atoms with Gasteiger partial charge in [0.25, 0.3) is 0 Å². The van der Waals surface area contributed by atoms with Gasteiger partial charge in [-0.15, -0.1) is 0 Å². The molecule has 2 aromatic carbocycles. The molecule has 29 heavy (non-hydrogen) atoms. The smallest absolute Gasteiger partial charge is 0.234 e.